The number of aliphatic hydroxyl groups is 3. The quantitative estimate of drug-likeness (QED) is 0.344. The van der Waals surface area contributed by atoms with E-state index in [0.29, 0.717) is 0 Å². The number of benzene rings is 2. The Morgan fingerprint density at radius 1 is 1.03 bits per heavy atom. The molecule has 1 fully saturated rings. The lowest BCUT2D eigenvalue weighted by atomic mass is 9.96. The van der Waals surface area contributed by atoms with Gasteiger partial charge in [-0.3, -0.25) is 20.2 Å². The number of anilines is 1. The van der Waals surface area contributed by atoms with E-state index in [1.54, 1.807) is 24.3 Å². The molecule has 0 saturated carbocycles. The van der Waals surface area contributed by atoms with Crippen molar-refractivity contribution >= 4 is 17.1 Å². The van der Waals surface area contributed by atoms with Gasteiger partial charge in [0, 0.05) is 6.07 Å². The Bertz CT molecular complexity index is 927. The maximum absolute atomic E-state index is 11.4. The lowest BCUT2D eigenvalue weighted by Crippen LogP contribution is -2.61. The van der Waals surface area contributed by atoms with Crippen molar-refractivity contribution in [3.8, 4) is 0 Å². The van der Waals surface area contributed by atoms with Crippen LogP contribution in [0.25, 0.3) is 0 Å². The molecule has 0 radical (unpaired) electrons. The van der Waals surface area contributed by atoms with Crippen LogP contribution in [0.1, 0.15) is 5.56 Å². The Hall–Kier alpha value is -3.16. The van der Waals surface area contributed by atoms with Crippen molar-refractivity contribution < 1.29 is 34.6 Å². The Labute approximate surface area is 176 Å². The van der Waals surface area contributed by atoms with Gasteiger partial charge in [-0.05, 0) is 11.6 Å². The minimum absolute atomic E-state index is 0.0625. The van der Waals surface area contributed by atoms with E-state index in [-0.39, 0.29) is 12.3 Å². The van der Waals surface area contributed by atoms with Gasteiger partial charge in [0.1, 0.15) is 30.0 Å². The first kappa shape index (κ1) is 22.5. The first-order valence-corrected chi connectivity index (χ1v) is 9.29. The number of non-ortho nitro benzene ring substituents is 1. The molecular weight excluding hydrogens is 414 g/mol. The van der Waals surface area contributed by atoms with Crippen LogP contribution in [0.5, 0.6) is 0 Å². The Balaban J connectivity index is 1.87. The summed E-state index contributed by atoms with van der Waals surface area (Å²) < 4.78 is 11.3. The highest BCUT2D eigenvalue weighted by Crippen LogP contribution is 2.32. The number of nitro benzene ring substituents is 2. The first-order chi connectivity index (χ1) is 14.8. The number of hydrogen-bond acceptors (Lipinski definition) is 10. The maximum Gasteiger partial charge on any atom is 0.299 e. The fraction of sp³-hybridized carbons (Fsp3) is 0.368. The van der Waals surface area contributed by atoms with Gasteiger partial charge in [-0.2, -0.15) is 0 Å². The number of rotatable bonds is 8. The molecule has 1 heterocycles. The molecule has 0 aromatic heterocycles. The van der Waals surface area contributed by atoms with E-state index in [0.717, 1.165) is 23.8 Å². The van der Waals surface area contributed by atoms with Crippen molar-refractivity contribution in [1.82, 2.24) is 0 Å². The van der Waals surface area contributed by atoms with Crippen molar-refractivity contribution in [3.63, 3.8) is 0 Å². The monoisotopic (exact) mass is 435 g/mol. The molecule has 166 valence electrons. The third-order valence-corrected chi connectivity index (χ3v) is 4.85. The topological polar surface area (TPSA) is 177 Å². The van der Waals surface area contributed by atoms with Gasteiger partial charge in [-0.15, -0.1) is 0 Å². The van der Waals surface area contributed by atoms with E-state index >= 15 is 0 Å². The Morgan fingerprint density at radius 3 is 2.35 bits per heavy atom. The van der Waals surface area contributed by atoms with Gasteiger partial charge >= 0.3 is 0 Å². The molecule has 12 heteroatoms. The normalized spacial score (nSPS) is 25.7. The second kappa shape index (κ2) is 9.76. The molecule has 2 aromatic rings. The summed E-state index contributed by atoms with van der Waals surface area (Å²) in [5.74, 6) is 0. The number of nitrogens with zero attached hydrogens (tertiary/aromatic N) is 2. The summed E-state index contributed by atoms with van der Waals surface area (Å²) >= 11 is 0. The SMILES string of the molecule is O=[N+]([O-])c1ccc(N[C@H]2[C@@H](OCc3ccccc3)O[C@@H](CO)[C@@H](O)[C@H]2O)c([N+](=O)[O-])c1. The molecule has 1 saturated heterocycles. The summed E-state index contributed by atoms with van der Waals surface area (Å²) in [7, 11) is 0. The van der Waals surface area contributed by atoms with Crippen LogP contribution >= 0.6 is 0 Å². The van der Waals surface area contributed by atoms with Gasteiger partial charge in [0.25, 0.3) is 11.4 Å². The van der Waals surface area contributed by atoms with Gasteiger partial charge in [0.05, 0.1) is 29.1 Å². The van der Waals surface area contributed by atoms with Crippen molar-refractivity contribution in [2.75, 3.05) is 11.9 Å². The number of hydrogen-bond donors (Lipinski definition) is 4. The molecule has 1 aliphatic rings. The van der Waals surface area contributed by atoms with Crippen molar-refractivity contribution in [2.45, 2.75) is 37.3 Å². The van der Waals surface area contributed by atoms with E-state index in [2.05, 4.69) is 5.32 Å². The van der Waals surface area contributed by atoms with E-state index in [1.807, 2.05) is 6.07 Å². The van der Waals surface area contributed by atoms with Crippen LogP contribution in [-0.4, -0.2) is 62.4 Å². The average Bonchev–Trinajstić information content (AvgIpc) is 2.77. The standard InChI is InChI=1S/C19H21N3O9/c23-9-15-17(24)18(25)16(19(31-15)30-10-11-4-2-1-3-5-11)20-13-7-6-12(21(26)27)8-14(13)22(28)29/h1-8,15-20,23-25H,9-10H2/t15-,16+,17+,18-,19-/m0/s1. The van der Waals surface area contributed by atoms with E-state index in [4.69, 9.17) is 9.47 Å². The zero-order valence-corrected chi connectivity index (χ0v) is 16.1. The van der Waals surface area contributed by atoms with Gasteiger partial charge < -0.3 is 30.1 Å². The van der Waals surface area contributed by atoms with Crippen LogP contribution in [0, 0.1) is 20.2 Å². The highest BCUT2D eigenvalue weighted by molar-refractivity contribution is 5.65. The maximum atomic E-state index is 11.4. The molecule has 12 nitrogen and oxygen atoms in total. The molecule has 0 aliphatic carbocycles. The largest absolute Gasteiger partial charge is 0.394 e. The van der Waals surface area contributed by atoms with E-state index in [9.17, 15) is 35.5 Å². The Morgan fingerprint density at radius 2 is 1.74 bits per heavy atom. The second-order valence-corrected chi connectivity index (χ2v) is 6.89. The minimum atomic E-state index is -1.53. The predicted molar refractivity (Wildman–Crippen MR) is 106 cm³/mol. The summed E-state index contributed by atoms with van der Waals surface area (Å²) in [6.07, 6.45) is -5.37. The molecule has 0 spiro atoms. The van der Waals surface area contributed by atoms with Crippen LogP contribution in [0.15, 0.2) is 48.5 Å². The number of aliphatic hydroxyl groups excluding tert-OH is 3. The summed E-state index contributed by atoms with van der Waals surface area (Å²) in [4.78, 5) is 20.8. The van der Waals surface area contributed by atoms with Crippen LogP contribution in [0.3, 0.4) is 0 Å². The number of ether oxygens (including phenoxy) is 2. The summed E-state index contributed by atoms with van der Waals surface area (Å²) in [5.41, 5.74) is -0.421. The highest BCUT2D eigenvalue weighted by Gasteiger charge is 2.45. The zero-order valence-electron chi connectivity index (χ0n) is 16.1. The molecule has 31 heavy (non-hydrogen) atoms. The van der Waals surface area contributed by atoms with Gasteiger partial charge in [-0.1, -0.05) is 30.3 Å². The van der Waals surface area contributed by atoms with Crippen LogP contribution in [-0.2, 0) is 16.1 Å². The van der Waals surface area contributed by atoms with Crippen LogP contribution in [0.4, 0.5) is 17.1 Å². The molecule has 2 aromatic carbocycles. The molecule has 4 N–H and O–H groups in total. The fourth-order valence-electron chi connectivity index (χ4n) is 3.22. The van der Waals surface area contributed by atoms with Crippen molar-refractivity contribution in [3.05, 3.63) is 74.3 Å². The summed E-state index contributed by atoms with van der Waals surface area (Å²) in [5, 5.41) is 55.3. The van der Waals surface area contributed by atoms with E-state index < -0.39 is 58.5 Å². The van der Waals surface area contributed by atoms with Gasteiger partial charge in [0.15, 0.2) is 6.29 Å². The lowest BCUT2D eigenvalue weighted by molar-refractivity contribution is -0.393. The van der Waals surface area contributed by atoms with Crippen LogP contribution in [0.2, 0.25) is 0 Å². The van der Waals surface area contributed by atoms with Gasteiger partial charge in [0.2, 0.25) is 0 Å². The lowest BCUT2D eigenvalue weighted by Gasteiger charge is -2.42. The molecular formula is C19H21N3O9. The van der Waals surface area contributed by atoms with Gasteiger partial charge in [-0.25, -0.2) is 0 Å². The van der Waals surface area contributed by atoms with Crippen molar-refractivity contribution in [1.29, 1.82) is 0 Å². The third-order valence-electron chi connectivity index (χ3n) is 4.85. The molecule has 0 unspecified atom stereocenters. The zero-order chi connectivity index (χ0) is 22.5. The summed E-state index contributed by atoms with van der Waals surface area (Å²) in [6.45, 7) is -0.527. The molecule has 0 bridgehead atoms. The van der Waals surface area contributed by atoms with E-state index in [1.165, 1.54) is 0 Å². The average molecular weight is 435 g/mol. The molecule has 1 aliphatic heterocycles. The number of nitro groups is 2. The third kappa shape index (κ3) is 5.13. The Kier molecular flexibility index (Phi) is 7.09. The molecule has 3 rings (SSSR count). The predicted octanol–water partition coefficient (Wildman–Crippen LogP) is 0.939. The molecule has 5 atom stereocenters. The number of nitrogens with one attached hydrogen (secondary N) is 1. The van der Waals surface area contributed by atoms with Crippen molar-refractivity contribution in [2.24, 2.45) is 0 Å². The smallest absolute Gasteiger partial charge is 0.299 e. The minimum Gasteiger partial charge on any atom is -0.394 e. The fourth-order valence-corrected chi connectivity index (χ4v) is 3.22. The second-order valence-electron chi connectivity index (χ2n) is 6.89. The molecule has 0 amide bonds. The summed E-state index contributed by atoms with van der Waals surface area (Å²) in [6, 6.07) is 10.8. The highest BCUT2D eigenvalue weighted by atomic mass is 16.7. The van der Waals surface area contributed by atoms with Crippen LogP contribution < -0.4 is 5.32 Å². The first-order valence-electron chi connectivity index (χ1n) is 9.29.